The van der Waals surface area contributed by atoms with Crippen molar-refractivity contribution in [2.24, 2.45) is 0 Å². The summed E-state index contributed by atoms with van der Waals surface area (Å²) in [6.07, 6.45) is 4.68. The first kappa shape index (κ1) is 21.0. The summed E-state index contributed by atoms with van der Waals surface area (Å²) in [5, 5.41) is 9.38. The molecule has 1 aromatic carbocycles. The van der Waals surface area contributed by atoms with Gasteiger partial charge in [-0.2, -0.15) is 4.31 Å². The van der Waals surface area contributed by atoms with Crippen molar-refractivity contribution in [1.29, 1.82) is 0 Å². The van der Waals surface area contributed by atoms with Gasteiger partial charge in [0.2, 0.25) is 15.9 Å². The minimum Gasteiger partial charge on any atom is -0.339 e. The molecule has 3 aliphatic rings. The van der Waals surface area contributed by atoms with Crippen LogP contribution in [0.4, 0.5) is 0 Å². The number of piperazine rings is 1. The van der Waals surface area contributed by atoms with Gasteiger partial charge in [0.25, 0.3) is 0 Å². The summed E-state index contributed by atoms with van der Waals surface area (Å²) in [4.78, 5) is 15.1. The first-order chi connectivity index (χ1) is 14.9. The molecule has 1 amide bonds. The van der Waals surface area contributed by atoms with Gasteiger partial charge in [0, 0.05) is 38.1 Å². The van der Waals surface area contributed by atoms with Gasteiger partial charge in [0.1, 0.15) is 5.82 Å². The second-order valence-corrected chi connectivity index (χ2v) is 11.8. The number of amides is 1. The van der Waals surface area contributed by atoms with Gasteiger partial charge in [0.05, 0.1) is 10.1 Å². The Bertz CT molecular complexity index is 1060. The van der Waals surface area contributed by atoms with Gasteiger partial charge in [-0.15, -0.1) is 10.2 Å². The van der Waals surface area contributed by atoms with E-state index < -0.39 is 10.0 Å². The van der Waals surface area contributed by atoms with E-state index in [0.29, 0.717) is 43.0 Å². The second kappa shape index (κ2) is 8.22. The summed E-state index contributed by atoms with van der Waals surface area (Å²) >= 11 is 1.48. The number of sulfonamides is 1. The molecule has 0 spiro atoms. The minimum atomic E-state index is -3.52. The zero-order valence-corrected chi connectivity index (χ0v) is 19.2. The van der Waals surface area contributed by atoms with E-state index in [0.717, 1.165) is 23.8 Å². The summed E-state index contributed by atoms with van der Waals surface area (Å²) < 4.78 is 29.3. The molecular formula is C21H27N5O3S2. The maximum atomic E-state index is 13.1. The molecule has 0 unspecified atom stereocenters. The molecule has 0 N–H and O–H groups in total. The van der Waals surface area contributed by atoms with E-state index in [1.54, 1.807) is 35.2 Å². The van der Waals surface area contributed by atoms with Gasteiger partial charge in [0.15, 0.2) is 5.16 Å². The zero-order valence-electron chi connectivity index (χ0n) is 17.6. The lowest BCUT2D eigenvalue weighted by Gasteiger charge is -2.35. The average Bonchev–Trinajstić information content (AvgIpc) is 3.73. The van der Waals surface area contributed by atoms with E-state index in [4.69, 9.17) is 0 Å². The highest BCUT2D eigenvalue weighted by Crippen LogP contribution is 2.46. The van der Waals surface area contributed by atoms with Crippen LogP contribution in [0, 0.1) is 0 Å². The Labute approximate surface area is 187 Å². The molecule has 166 valence electrons. The quantitative estimate of drug-likeness (QED) is 0.589. The van der Waals surface area contributed by atoms with Crippen LogP contribution >= 0.6 is 11.8 Å². The number of benzene rings is 1. The Balaban J connectivity index is 1.21. The van der Waals surface area contributed by atoms with E-state index >= 15 is 0 Å². The largest absolute Gasteiger partial charge is 0.339 e. The van der Waals surface area contributed by atoms with E-state index in [9.17, 15) is 13.2 Å². The third-order valence-corrected chi connectivity index (χ3v) is 9.06. The smallest absolute Gasteiger partial charge is 0.243 e. The Kier molecular flexibility index (Phi) is 5.56. The van der Waals surface area contributed by atoms with Crippen LogP contribution in [0.3, 0.4) is 0 Å². The number of carbonyl (C=O) groups is 1. The molecule has 0 radical (unpaired) electrons. The zero-order chi connectivity index (χ0) is 21.6. The van der Waals surface area contributed by atoms with Crippen molar-refractivity contribution in [2.75, 3.05) is 26.2 Å². The number of hydrogen-bond acceptors (Lipinski definition) is 6. The van der Waals surface area contributed by atoms with Crippen LogP contribution in [0.5, 0.6) is 0 Å². The fraction of sp³-hybridized carbons (Fsp3) is 0.571. The highest BCUT2D eigenvalue weighted by atomic mass is 32.2. The summed E-state index contributed by atoms with van der Waals surface area (Å²) in [5.74, 6) is 1.65. The van der Waals surface area contributed by atoms with Crippen molar-refractivity contribution < 1.29 is 13.2 Å². The van der Waals surface area contributed by atoms with Crippen molar-refractivity contribution in [2.45, 2.75) is 59.9 Å². The van der Waals surface area contributed by atoms with E-state index in [1.165, 1.54) is 28.9 Å². The van der Waals surface area contributed by atoms with Gasteiger partial charge in [-0.3, -0.25) is 4.79 Å². The van der Waals surface area contributed by atoms with Crippen LogP contribution < -0.4 is 0 Å². The van der Waals surface area contributed by atoms with Gasteiger partial charge in [-0.1, -0.05) is 30.0 Å². The van der Waals surface area contributed by atoms with Crippen LogP contribution in [-0.4, -0.2) is 69.7 Å². The Morgan fingerprint density at radius 1 is 1.03 bits per heavy atom. The Morgan fingerprint density at radius 2 is 1.71 bits per heavy atom. The highest BCUT2D eigenvalue weighted by molar-refractivity contribution is 8.00. The second-order valence-electron chi connectivity index (χ2n) is 8.52. The van der Waals surface area contributed by atoms with Crippen molar-refractivity contribution in [3.05, 3.63) is 36.2 Å². The Morgan fingerprint density at radius 3 is 2.32 bits per heavy atom. The van der Waals surface area contributed by atoms with Crippen LogP contribution in [0.2, 0.25) is 0 Å². The van der Waals surface area contributed by atoms with Crippen molar-refractivity contribution in [1.82, 2.24) is 24.0 Å². The van der Waals surface area contributed by atoms with Gasteiger partial charge < -0.3 is 9.47 Å². The number of hydrogen-bond donors (Lipinski definition) is 0. The number of rotatable bonds is 7. The predicted octanol–water partition coefficient (Wildman–Crippen LogP) is 2.50. The number of carbonyl (C=O) groups excluding carboxylic acids is 1. The maximum absolute atomic E-state index is 13.1. The van der Waals surface area contributed by atoms with Crippen molar-refractivity contribution in [3.63, 3.8) is 0 Å². The number of nitrogens with zero attached hydrogens (tertiary/aromatic N) is 5. The molecule has 1 atom stereocenters. The number of thioether (sulfide) groups is 1. The SMILES string of the molecule is C[C@H](Sc1nnc(C2CC2)n1C1CC1)C(=O)N1CCN(S(=O)(=O)c2ccccc2)CC1. The lowest BCUT2D eigenvalue weighted by Crippen LogP contribution is -2.52. The molecular weight excluding hydrogens is 434 g/mol. The molecule has 1 aliphatic heterocycles. The average molecular weight is 462 g/mol. The molecule has 2 aliphatic carbocycles. The Hall–Kier alpha value is -1.91. The first-order valence-electron chi connectivity index (χ1n) is 10.9. The molecule has 2 heterocycles. The molecule has 8 nitrogen and oxygen atoms in total. The molecule has 2 aromatic rings. The summed E-state index contributed by atoms with van der Waals surface area (Å²) in [7, 11) is -3.52. The third kappa shape index (κ3) is 4.25. The van der Waals surface area contributed by atoms with Gasteiger partial charge in [-0.05, 0) is 44.7 Å². The molecule has 1 saturated heterocycles. The molecule has 2 saturated carbocycles. The third-order valence-electron chi connectivity index (χ3n) is 6.11. The summed E-state index contributed by atoms with van der Waals surface area (Å²) in [6.45, 7) is 3.33. The minimum absolute atomic E-state index is 0.0278. The van der Waals surface area contributed by atoms with Crippen molar-refractivity contribution >= 4 is 27.7 Å². The van der Waals surface area contributed by atoms with Crippen LogP contribution in [0.25, 0.3) is 0 Å². The monoisotopic (exact) mass is 461 g/mol. The maximum Gasteiger partial charge on any atom is 0.243 e. The van der Waals surface area contributed by atoms with Gasteiger partial charge >= 0.3 is 0 Å². The van der Waals surface area contributed by atoms with E-state index in [1.807, 2.05) is 6.92 Å². The fourth-order valence-electron chi connectivity index (χ4n) is 4.02. The number of aromatic nitrogens is 3. The topological polar surface area (TPSA) is 88.4 Å². The normalized spacial score (nSPS) is 21.3. The molecule has 1 aromatic heterocycles. The summed E-state index contributed by atoms with van der Waals surface area (Å²) in [6, 6.07) is 8.95. The van der Waals surface area contributed by atoms with Gasteiger partial charge in [-0.25, -0.2) is 8.42 Å². The predicted molar refractivity (Wildman–Crippen MR) is 117 cm³/mol. The molecule has 10 heteroatoms. The standard InChI is InChI=1S/C21H27N5O3S2/c1-15(30-21-23-22-19(16-7-8-16)26(21)17-9-10-17)20(27)24-11-13-25(14-12-24)31(28,29)18-5-3-2-4-6-18/h2-6,15-17H,7-14H2,1H3/t15-/m0/s1. The van der Waals surface area contributed by atoms with Crippen molar-refractivity contribution in [3.8, 4) is 0 Å². The van der Waals surface area contributed by atoms with Crippen LogP contribution in [0.1, 0.15) is 50.4 Å². The molecule has 3 fully saturated rings. The lowest BCUT2D eigenvalue weighted by atomic mass is 10.3. The van der Waals surface area contributed by atoms with E-state index in [-0.39, 0.29) is 11.2 Å². The molecule has 5 rings (SSSR count). The van der Waals surface area contributed by atoms with Crippen LogP contribution in [-0.2, 0) is 14.8 Å². The molecule has 0 bridgehead atoms. The molecule has 31 heavy (non-hydrogen) atoms. The summed E-state index contributed by atoms with van der Waals surface area (Å²) in [5.41, 5.74) is 0. The fourth-order valence-corrected chi connectivity index (χ4v) is 6.47. The van der Waals surface area contributed by atoms with E-state index in [2.05, 4.69) is 14.8 Å². The first-order valence-corrected chi connectivity index (χ1v) is 13.2. The lowest BCUT2D eigenvalue weighted by molar-refractivity contribution is -0.131. The highest BCUT2D eigenvalue weighted by Gasteiger charge is 2.38. The van der Waals surface area contributed by atoms with Crippen LogP contribution in [0.15, 0.2) is 40.4 Å².